The van der Waals surface area contributed by atoms with Gasteiger partial charge in [0.15, 0.2) is 6.29 Å². The summed E-state index contributed by atoms with van der Waals surface area (Å²) in [6.45, 7) is 3.88. The predicted molar refractivity (Wildman–Crippen MR) is 86.2 cm³/mol. The van der Waals surface area contributed by atoms with Crippen molar-refractivity contribution in [1.82, 2.24) is 9.80 Å². The Bertz CT molecular complexity index is 444. The summed E-state index contributed by atoms with van der Waals surface area (Å²) in [4.78, 5) is 28.3. The predicted octanol–water partition coefficient (Wildman–Crippen LogP) is 0.625. The van der Waals surface area contributed by atoms with Crippen LogP contribution in [-0.2, 0) is 23.8 Å². The van der Waals surface area contributed by atoms with Crippen molar-refractivity contribution in [3.63, 3.8) is 0 Å². The summed E-state index contributed by atoms with van der Waals surface area (Å²) in [5.74, 6) is -0.0842. The SMILES string of the molecule is COC(=O)C1CCN(C(=O)CN2CCCC[C@@H]2C2OCCO2)CC1. The lowest BCUT2D eigenvalue weighted by atomic mass is 9.97. The lowest BCUT2D eigenvalue weighted by molar-refractivity contribution is -0.150. The Kier molecular flexibility index (Phi) is 6.08. The highest BCUT2D eigenvalue weighted by Gasteiger charge is 2.36. The summed E-state index contributed by atoms with van der Waals surface area (Å²) >= 11 is 0. The van der Waals surface area contributed by atoms with E-state index in [-0.39, 0.29) is 30.1 Å². The summed E-state index contributed by atoms with van der Waals surface area (Å²) in [6.07, 6.45) is 4.47. The van der Waals surface area contributed by atoms with E-state index in [1.54, 1.807) is 0 Å². The number of carbonyl (C=O) groups is 2. The average Bonchev–Trinajstić information content (AvgIpc) is 3.16. The molecule has 3 fully saturated rings. The molecule has 3 saturated heterocycles. The first-order valence-electron chi connectivity index (χ1n) is 9.02. The number of esters is 1. The Morgan fingerprint density at radius 1 is 1.04 bits per heavy atom. The molecule has 7 heteroatoms. The number of piperidine rings is 2. The van der Waals surface area contributed by atoms with E-state index in [4.69, 9.17) is 14.2 Å². The number of hydrogen-bond donors (Lipinski definition) is 0. The van der Waals surface area contributed by atoms with Crippen LogP contribution >= 0.6 is 0 Å². The minimum Gasteiger partial charge on any atom is -0.469 e. The average molecular weight is 340 g/mol. The molecule has 0 N–H and O–H groups in total. The Morgan fingerprint density at radius 2 is 1.75 bits per heavy atom. The van der Waals surface area contributed by atoms with E-state index in [0.29, 0.717) is 45.7 Å². The van der Waals surface area contributed by atoms with Crippen LogP contribution in [0.2, 0.25) is 0 Å². The van der Waals surface area contributed by atoms with Gasteiger partial charge in [-0.05, 0) is 32.2 Å². The van der Waals surface area contributed by atoms with Gasteiger partial charge >= 0.3 is 5.97 Å². The third-order valence-electron chi connectivity index (χ3n) is 5.35. The number of rotatable bonds is 4. The second-order valence-electron chi connectivity index (χ2n) is 6.82. The molecular formula is C17H28N2O5. The molecule has 0 radical (unpaired) electrons. The van der Waals surface area contributed by atoms with Gasteiger partial charge in [-0.15, -0.1) is 0 Å². The Balaban J connectivity index is 1.51. The molecular weight excluding hydrogens is 312 g/mol. The van der Waals surface area contributed by atoms with Crippen molar-refractivity contribution >= 4 is 11.9 Å². The molecule has 7 nitrogen and oxygen atoms in total. The van der Waals surface area contributed by atoms with Gasteiger partial charge in [-0.25, -0.2) is 0 Å². The van der Waals surface area contributed by atoms with Gasteiger partial charge in [0.2, 0.25) is 5.91 Å². The van der Waals surface area contributed by atoms with Crippen LogP contribution in [0.5, 0.6) is 0 Å². The number of likely N-dealkylation sites (tertiary alicyclic amines) is 2. The molecule has 0 unspecified atom stereocenters. The van der Waals surface area contributed by atoms with E-state index in [9.17, 15) is 9.59 Å². The number of hydrogen-bond acceptors (Lipinski definition) is 6. The summed E-state index contributed by atoms with van der Waals surface area (Å²) in [5.41, 5.74) is 0. The molecule has 0 aromatic heterocycles. The van der Waals surface area contributed by atoms with Crippen molar-refractivity contribution in [2.45, 2.75) is 44.4 Å². The number of carbonyl (C=O) groups excluding carboxylic acids is 2. The van der Waals surface area contributed by atoms with Crippen LogP contribution in [0.4, 0.5) is 0 Å². The number of ether oxygens (including phenoxy) is 3. The van der Waals surface area contributed by atoms with E-state index in [0.717, 1.165) is 25.8 Å². The summed E-state index contributed by atoms with van der Waals surface area (Å²) in [7, 11) is 1.42. The topological polar surface area (TPSA) is 68.3 Å². The van der Waals surface area contributed by atoms with Gasteiger partial charge in [-0.3, -0.25) is 14.5 Å². The quantitative estimate of drug-likeness (QED) is 0.699. The van der Waals surface area contributed by atoms with Crippen molar-refractivity contribution in [2.75, 3.05) is 46.5 Å². The Hall–Kier alpha value is -1.18. The highest BCUT2D eigenvalue weighted by molar-refractivity contribution is 5.79. The molecule has 3 heterocycles. The Labute approximate surface area is 143 Å². The molecule has 3 rings (SSSR count). The molecule has 24 heavy (non-hydrogen) atoms. The van der Waals surface area contributed by atoms with Crippen molar-refractivity contribution in [1.29, 1.82) is 0 Å². The molecule has 0 aliphatic carbocycles. The molecule has 136 valence electrons. The van der Waals surface area contributed by atoms with E-state index in [1.165, 1.54) is 7.11 Å². The van der Waals surface area contributed by atoms with E-state index in [2.05, 4.69) is 4.90 Å². The monoisotopic (exact) mass is 340 g/mol. The smallest absolute Gasteiger partial charge is 0.308 e. The standard InChI is InChI=1S/C17H28N2O5/c1-22-16(21)13-5-8-18(9-6-13)15(20)12-19-7-3-2-4-14(19)17-23-10-11-24-17/h13-14,17H,2-12H2,1H3/t14-/m1/s1. The highest BCUT2D eigenvalue weighted by atomic mass is 16.7. The van der Waals surface area contributed by atoms with Crippen LogP contribution in [0.25, 0.3) is 0 Å². The summed E-state index contributed by atoms with van der Waals surface area (Å²) in [6, 6.07) is 0.179. The van der Waals surface area contributed by atoms with Crippen LogP contribution in [0.15, 0.2) is 0 Å². The second-order valence-corrected chi connectivity index (χ2v) is 6.82. The highest BCUT2D eigenvalue weighted by Crippen LogP contribution is 2.25. The van der Waals surface area contributed by atoms with E-state index >= 15 is 0 Å². The minimum absolute atomic E-state index is 0.0675. The third-order valence-corrected chi connectivity index (χ3v) is 5.35. The maximum absolute atomic E-state index is 12.7. The van der Waals surface area contributed by atoms with Gasteiger partial charge in [-0.1, -0.05) is 6.42 Å². The van der Waals surface area contributed by atoms with E-state index in [1.807, 2.05) is 4.90 Å². The molecule has 3 aliphatic heterocycles. The van der Waals surface area contributed by atoms with Crippen LogP contribution < -0.4 is 0 Å². The zero-order chi connectivity index (χ0) is 16.9. The van der Waals surface area contributed by atoms with Gasteiger partial charge in [-0.2, -0.15) is 0 Å². The van der Waals surface area contributed by atoms with Crippen molar-refractivity contribution in [3.8, 4) is 0 Å². The first kappa shape index (κ1) is 17.6. The fourth-order valence-electron chi connectivity index (χ4n) is 3.93. The normalized spacial score (nSPS) is 27.4. The van der Waals surface area contributed by atoms with Crippen LogP contribution in [0.1, 0.15) is 32.1 Å². The zero-order valence-electron chi connectivity index (χ0n) is 14.4. The maximum Gasteiger partial charge on any atom is 0.308 e. The van der Waals surface area contributed by atoms with Gasteiger partial charge in [0.05, 0.1) is 38.8 Å². The maximum atomic E-state index is 12.7. The minimum atomic E-state index is -0.192. The number of amides is 1. The fourth-order valence-corrected chi connectivity index (χ4v) is 3.93. The molecule has 0 aromatic rings. The molecule has 3 aliphatic rings. The first-order valence-corrected chi connectivity index (χ1v) is 9.02. The van der Waals surface area contributed by atoms with Crippen molar-refractivity contribution in [3.05, 3.63) is 0 Å². The molecule has 0 spiro atoms. The zero-order valence-corrected chi connectivity index (χ0v) is 14.4. The van der Waals surface area contributed by atoms with Crippen LogP contribution in [-0.4, -0.2) is 80.5 Å². The van der Waals surface area contributed by atoms with Gasteiger partial charge in [0.25, 0.3) is 0 Å². The molecule has 0 saturated carbocycles. The van der Waals surface area contributed by atoms with Gasteiger partial charge in [0.1, 0.15) is 0 Å². The number of nitrogens with zero attached hydrogens (tertiary/aromatic N) is 2. The Morgan fingerprint density at radius 3 is 2.42 bits per heavy atom. The lowest BCUT2D eigenvalue weighted by Gasteiger charge is -2.39. The lowest BCUT2D eigenvalue weighted by Crippen LogP contribution is -2.52. The van der Waals surface area contributed by atoms with Gasteiger partial charge in [0, 0.05) is 13.1 Å². The van der Waals surface area contributed by atoms with Gasteiger partial charge < -0.3 is 19.1 Å². The van der Waals surface area contributed by atoms with Crippen LogP contribution in [0.3, 0.4) is 0 Å². The van der Waals surface area contributed by atoms with E-state index < -0.39 is 0 Å². The summed E-state index contributed by atoms with van der Waals surface area (Å²) in [5, 5.41) is 0. The van der Waals surface area contributed by atoms with Crippen LogP contribution in [0, 0.1) is 5.92 Å². The molecule has 0 aromatic carbocycles. The third kappa shape index (κ3) is 4.07. The molecule has 0 bridgehead atoms. The fraction of sp³-hybridized carbons (Fsp3) is 0.882. The summed E-state index contributed by atoms with van der Waals surface area (Å²) < 4.78 is 16.1. The number of methoxy groups -OCH3 is 1. The second kappa shape index (κ2) is 8.27. The largest absolute Gasteiger partial charge is 0.469 e. The first-order chi connectivity index (χ1) is 11.7. The van der Waals surface area contributed by atoms with Crippen molar-refractivity contribution in [2.24, 2.45) is 5.92 Å². The molecule has 1 atom stereocenters. The van der Waals surface area contributed by atoms with Crippen molar-refractivity contribution < 1.29 is 23.8 Å². The molecule has 1 amide bonds.